The van der Waals surface area contributed by atoms with Crippen LogP contribution in [0.5, 0.6) is 0 Å². The minimum atomic E-state index is 0.0510. The second kappa shape index (κ2) is 2.41. The molecule has 0 N–H and O–H groups in total. The van der Waals surface area contributed by atoms with Crippen molar-refractivity contribution in [3.8, 4) is 0 Å². The molecule has 0 aliphatic heterocycles. The number of furan rings is 2. The van der Waals surface area contributed by atoms with Crippen molar-refractivity contribution in [3.63, 3.8) is 0 Å². The van der Waals surface area contributed by atoms with Crippen LogP contribution in [0.25, 0.3) is 11.2 Å². The highest BCUT2D eigenvalue weighted by atomic mass is 16.5. The van der Waals surface area contributed by atoms with Crippen LogP contribution in [0, 0.1) is 6.92 Å². The average Bonchev–Trinajstić information content (AvgIpc) is 2.40. The molecule has 2 rings (SSSR count). The first kappa shape index (κ1) is 8.42. The highest BCUT2D eigenvalue weighted by Crippen LogP contribution is 2.30. The fraction of sp³-hybridized carbons (Fsp3) is 0.455. The molecule has 0 spiro atoms. The molecule has 0 bridgehead atoms. The van der Waals surface area contributed by atoms with Gasteiger partial charge >= 0.3 is 0 Å². The lowest BCUT2D eigenvalue weighted by Crippen LogP contribution is -2.08. The Labute approximate surface area is 77.5 Å². The van der Waals surface area contributed by atoms with Crippen LogP contribution in [0.4, 0.5) is 0 Å². The first-order valence-corrected chi connectivity index (χ1v) is 4.47. The standard InChI is InChI=1S/C11H14O2/c1-7-5-8-6-9(11(2,3)4)13-10(8)12-7/h5-6H,1-4H3. The molecule has 2 aromatic rings. The van der Waals surface area contributed by atoms with Crippen molar-refractivity contribution in [3.05, 3.63) is 23.7 Å². The Hall–Kier alpha value is -1.18. The number of fused-ring (bicyclic) bond motifs is 1. The lowest BCUT2D eigenvalue weighted by Gasteiger charge is -2.13. The second-order valence-corrected chi connectivity index (χ2v) is 4.46. The molecule has 2 aromatic heterocycles. The molecule has 0 fully saturated rings. The summed E-state index contributed by atoms with van der Waals surface area (Å²) in [4.78, 5) is 0. The van der Waals surface area contributed by atoms with Crippen LogP contribution in [-0.2, 0) is 5.41 Å². The summed E-state index contributed by atoms with van der Waals surface area (Å²) < 4.78 is 11.0. The van der Waals surface area contributed by atoms with E-state index in [2.05, 4.69) is 20.8 Å². The van der Waals surface area contributed by atoms with Crippen molar-refractivity contribution in [1.82, 2.24) is 0 Å². The Bertz CT molecular complexity index is 395. The van der Waals surface area contributed by atoms with Gasteiger partial charge in [-0.15, -0.1) is 0 Å². The molecule has 0 radical (unpaired) electrons. The number of hydrogen-bond acceptors (Lipinski definition) is 2. The highest BCUT2D eigenvalue weighted by molar-refractivity contribution is 5.73. The van der Waals surface area contributed by atoms with E-state index >= 15 is 0 Å². The van der Waals surface area contributed by atoms with E-state index in [0.29, 0.717) is 5.78 Å². The van der Waals surface area contributed by atoms with Gasteiger partial charge in [0.15, 0.2) is 0 Å². The number of rotatable bonds is 0. The normalized spacial score (nSPS) is 12.6. The minimum Gasteiger partial charge on any atom is -0.430 e. The van der Waals surface area contributed by atoms with Crippen LogP contribution in [-0.4, -0.2) is 0 Å². The zero-order valence-electron chi connectivity index (χ0n) is 8.47. The fourth-order valence-corrected chi connectivity index (χ4v) is 1.33. The molecule has 2 nitrogen and oxygen atoms in total. The zero-order valence-corrected chi connectivity index (χ0v) is 8.47. The van der Waals surface area contributed by atoms with Gasteiger partial charge in [-0.05, 0) is 19.1 Å². The summed E-state index contributed by atoms with van der Waals surface area (Å²) in [5.41, 5.74) is 0.0510. The Morgan fingerprint density at radius 2 is 1.77 bits per heavy atom. The van der Waals surface area contributed by atoms with Crippen LogP contribution < -0.4 is 0 Å². The molecular formula is C11H14O2. The fourth-order valence-electron chi connectivity index (χ4n) is 1.33. The van der Waals surface area contributed by atoms with E-state index in [-0.39, 0.29) is 5.41 Å². The van der Waals surface area contributed by atoms with Crippen LogP contribution in [0.1, 0.15) is 32.3 Å². The summed E-state index contributed by atoms with van der Waals surface area (Å²) in [6.07, 6.45) is 0. The van der Waals surface area contributed by atoms with Crippen LogP contribution in [0.3, 0.4) is 0 Å². The lowest BCUT2D eigenvalue weighted by molar-refractivity contribution is 0.384. The second-order valence-electron chi connectivity index (χ2n) is 4.46. The highest BCUT2D eigenvalue weighted by Gasteiger charge is 2.20. The van der Waals surface area contributed by atoms with E-state index < -0.39 is 0 Å². The Morgan fingerprint density at radius 1 is 1.08 bits per heavy atom. The van der Waals surface area contributed by atoms with Crippen molar-refractivity contribution in [1.29, 1.82) is 0 Å². The zero-order chi connectivity index (χ0) is 9.64. The predicted molar refractivity (Wildman–Crippen MR) is 51.9 cm³/mol. The van der Waals surface area contributed by atoms with Crippen LogP contribution in [0.15, 0.2) is 21.0 Å². The van der Waals surface area contributed by atoms with Crippen molar-refractivity contribution < 1.29 is 8.83 Å². The molecule has 0 aliphatic carbocycles. The van der Waals surface area contributed by atoms with E-state index in [0.717, 1.165) is 16.9 Å². The Balaban J connectivity index is 2.57. The molecule has 0 amide bonds. The molecular weight excluding hydrogens is 164 g/mol. The number of aryl methyl sites for hydroxylation is 1. The third-order valence-corrected chi connectivity index (χ3v) is 2.08. The monoisotopic (exact) mass is 178 g/mol. The maximum absolute atomic E-state index is 5.59. The maximum atomic E-state index is 5.59. The summed E-state index contributed by atoms with van der Waals surface area (Å²) in [5, 5.41) is 1.06. The molecule has 0 aliphatic rings. The Morgan fingerprint density at radius 3 is 2.31 bits per heavy atom. The van der Waals surface area contributed by atoms with Gasteiger partial charge in [-0.25, -0.2) is 0 Å². The van der Waals surface area contributed by atoms with Gasteiger partial charge in [0.1, 0.15) is 11.5 Å². The summed E-state index contributed by atoms with van der Waals surface area (Å²) in [6.45, 7) is 8.29. The summed E-state index contributed by atoms with van der Waals surface area (Å²) >= 11 is 0. The van der Waals surface area contributed by atoms with Crippen LogP contribution in [0.2, 0.25) is 0 Å². The lowest BCUT2D eigenvalue weighted by atomic mass is 9.93. The molecule has 13 heavy (non-hydrogen) atoms. The topological polar surface area (TPSA) is 26.3 Å². The third kappa shape index (κ3) is 1.37. The van der Waals surface area contributed by atoms with Gasteiger partial charge in [0, 0.05) is 5.41 Å². The van der Waals surface area contributed by atoms with E-state index in [4.69, 9.17) is 8.83 Å². The smallest absolute Gasteiger partial charge is 0.297 e. The largest absolute Gasteiger partial charge is 0.430 e. The predicted octanol–water partition coefficient (Wildman–Crippen LogP) is 3.63. The van der Waals surface area contributed by atoms with Crippen LogP contribution >= 0.6 is 0 Å². The SMILES string of the molecule is Cc1cc2cc(C(C)(C)C)oc2o1. The van der Waals surface area contributed by atoms with Gasteiger partial charge in [0.05, 0.1) is 5.39 Å². The van der Waals surface area contributed by atoms with E-state index in [1.165, 1.54) is 0 Å². The van der Waals surface area contributed by atoms with Gasteiger partial charge < -0.3 is 8.83 Å². The first-order valence-electron chi connectivity index (χ1n) is 4.47. The van der Waals surface area contributed by atoms with Gasteiger partial charge in [0.2, 0.25) is 0 Å². The molecule has 0 unspecified atom stereocenters. The summed E-state index contributed by atoms with van der Waals surface area (Å²) in [6, 6.07) is 4.04. The molecule has 2 heterocycles. The van der Waals surface area contributed by atoms with Gasteiger partial charge in [0.25, 0.3) is 5.78 Å². The average molecular weight is 178 g/mol. The van der Waals surface area contributed by atoms with Gasteiger partial charge in [-0.3, -0.25) is 0 Å². The quantitative estimate of drug-likeness (QED) is 0.615. The van der Waals surface area contributed by atoms with E-state index in [1.807, 2.05) is 19.1 Å². The van der Waals surface area contributed by atoms with Crippen molar-refractivity contribution in [2.45, 2.75) is 33.1 Å². The van der Waals surface area contributed by atoms with E-state index in [9.17, 15) is 0 Å². The molecule has 0 saturated carbocycles. The number of hydrogen-bond donors (Lipinski definition) is 0. The molecule has 0 saturated heterocycles. The van der Waals surface area contributed by atoms with Crippen molar-refractivity contribution >= 4 is 11.2 Å². The third-order valence-electron chi connectivity index (χ3n) is 2.08. The minimum absolute atomic E-state index is 0.0510. The molecule has 0 atom stereocenters. The Kier molecular flexibility index (Phi) is 1.56. The van der Waals surface area contributed by atoms with Gasteiger partial charge in [-0.1, -0.05) is 20.8 Å². The molecule has 2 heteroatoms. The van der Waals surface area contributed by atoms with E-state index in [1.54, 1.807) is 0 Å². The summed E-state index contributed by atoms with van der Waals surface area (Å²) in [7, 11) is 0. The maximum Gasteiger partial charge on any atom is 0.297 e. The summed E-state index contributed by atoms with van der Waals surface area (Å²) in [5.74, 6) is 2.51. The van der Waals surface area contributed by atoms with Crippen molar-refractivity contribution in [2.75, 3.05) is 0 Å². The molecule has 0 aromatic carbocycles. The molecule has 70 valence electrons. The first-order chi connectivity index (χ1) is 5.97. The van der Waals surface area contributed by atoms with Gasteiger partial charge in [-0.2, -0.15) is 0 Å². The van der Waals surface area contributed by atoms with Crippen molar-refractivity contribution in [2.24, 2.45) is 0 Å².